The summed E-state index contributed by atoms with van der Waals surface area (Å²) in [5.74, 6) is 0.282. The van der Waals surface area contributed by atoms with Gasteiger partial charge in [-0.25, -0.2) is 0 Å². The molecule has 0 aliphatic carbocycles. The molecule has 90 valence electrons. The second-order valence-electron chi connectivity index (χ2n) is 4.10. The van der Waals surface area contributed by atoms with Crippen molar-refractivity contribution in [2.24, 2.45) is 11.8 Å². The first-order valence-corrected chi connectivity index (χ1v) is 5.72. The Bertz CT molecular complexity index is 274. The van der Waals surface area contributed by atoms with E-state index in [2.05, 4.69) is 0 Å². The Balaban J connectivity index is 4.04. The van der Waals surface area contributed by atoms with Gasteiger partial charge in [0.05, 0.1) is 0 Å². The van der Waals surface area contributed by atoms with Crippen molar-refractivity contribution in [3.63, 3.8) is 0 Å². The van der Waals surface area contributed by atoms with E-state index >= 15 is 0 Å². The van der Waals surface area contributed by atoms with Crippen molar-refractivity contribution in [2.45, 2.75) is 27.2 Å². The van der Waals surface area contributed by atoms with Crippen LogP contribution in [0.4, 0.5) is 0 Å². The Morgan fingerprint density at radius 3 is 2.38 bits per heavy atom. The maximum Gasteiger partial charge on any atom is 0.158 e. The Kier molecular flexibility index (Phi) is 8.45. The minimum atomic E-state index is -0.0199. The van der Waals surface area contributed by atoms with Crippen molar-refractivity contribution in [3.8, 4) is 0 Å². The van der Waals surface area contributed by atoms with Crippen LogP contribution in [0.5, 0.6) is 0 Å². The Hall–Kier alpha value is -1.15. The van der Waals surface area contributed by atoms with Crippen LogP contribution in [-0.4, -0.2) is 17.5 Å². The van der Waals surface area contributed by atoms with E-state index in [0.717, 1.165) is 6.42 Å². The molecule has 0 heterocycles. The summed E-state index contributed by atoms with van der Waals surface area (Å²) in [6.45, 7) is 5.92. The van der Waals surface area contributed by atoms with Crippen LogP contribution in [0.2, 0.25) is 0 Å². The molecule has 2 nitrogen and oxygen atoms in total. The van der Waals surface area contributed by atoms with Crippen molar-refractivity contribution < 1.29 is 9.90 Å². The topological polar surface area (TPSA) is 37.3 Å². The van der Waals surface area contributed by atoms with E-state index in [1.165, 1.54) is 0 Å². The average Bonchev–Trinajstić information content (AvgIpc) is 2.28. The standard InChI is InChI=1S/C14H22O2/c1-4-5-6-7-8-9-14(16)13(3)10-12(2)11-15/h4-9,12-13,15H,10-11H2,1-3H3/b5-4+,7-6+,9-8+/t12-,13+/m1/s1. The van der Waals surface area contributed by atoms with Crippen LogP contribution in [0.15, 0.2) is 36.5 Å². The van der Waals surface area contributed by atoms with Gasteiger partial charge in [0.1, 0.15) is 0 Å². The number of hydrogen-bond donors (Lipinski definition) is 1. The van der Waals surface area contributed by atoms with Gasteiger partial charge in [-0.1, -0.05) is 44.2 Å². The SMILES string of the molecule is C/C=C/C=C/C=C/C(=O)[C@@H](C)C[C@@H](C)CO. The zero-order chi connectivity index (χ0) is 12.4. The van der Waals surface area contributed by atoms with E-state index in [4.69, 9.17) is 5.11 Å². The summed E-state index contributed by atoms with van der Waals surface area (Å²) >= 11 is 0. The van der Waals surface area contributed by atoms with Crippen molar-refractivity contribution in [1.29, 1.82) is 0 Å². The molecule has 0 aromatic rings. The smallest absolute Gasteiger partial charge is 0.158 e. The molecule has 0 aromatic heterocycles. The van der Waals surface area contributed by atoms with Crippen LogP contribution < -0.4 is 0 Å². The highest BCUT2D eigenvalue weighted by atomic mass is 16.3. The highest BCUT2D eigenvalue weighted by molar-refractivity contribution is 5.91. The summed E-state index contributed by atoms with van der Waals surface area (Å²) in [6, 6.07) is 0. The molecule has 0 saturated carbocycles. The van der Waals surface area contributed by atoms with E-state index in [9.17, 15) is 4.79 Å². The molecule has 1 N–H and O–H groups in total. The van der Waals surface area contributed by atoms with Crippen LogP contribution in [0.3, 0.4) is 0 Å². The first kappa shape index (κ1) is 14.8. The van der Waals surface area contributed by atoms with Crippen LogP contribution in [-0.2, 0) is 4.79 Å². The van der Waals surface area contributed by atoms with E-state index in [0.29, 0.717) is 0 Å². The number of carbonyl (C=O) groups is 1. The van der Waals surface area contributed by atoms with Crippen molar-refractivity contribution in [3.05, 3.63) is 36.5 Å². The van der Waals surface area contributed by atoms with E-state index in [-0.39, 0.29) is 24.2 Å². The third-order valence-corrected chi connectivity index (χ3v) is 2.34. The van der Waals surface area contributed by atoms with Gasteiger partial charge in [-0.15, -0.1) is 0 Å². The molecular formula is C14H22O2. The fraction of sp³-hybridized carbons (Fsp3) is 0.500. The number of allylic oxidation sites excluding steroid dienone is 6. The van der Waals surface area contributed by atoms with Gasteiger partial charge < -0.3 is 5.11 Å². The largest absolute Gasteiger partial charge is 0.396 e. The molecule has 2 heteroatoms. The molecule has 0 rings (SSSR count). The molecule has 0 radical (unpaired) electrons. The number of ketones is 1. The first-order valence-electron chi connectivity index (χ1n) is 5.72. The van der Waals surface area contributed by atoms with Crippen molar-refractivity contribution >= 4 is 5.78 Å². The van der Waals surface area contributed by atoms with Gasteiger partial charge in [0.15, 0.2) is 5.78 Å². The number of carbonyl (C=O) groups excluding carboxylic acids is 1. The molecule has 0 aliphatic rings. The number of hydrogen-bond acceptors (Lipinski definition) is 2. The predicted octanol–water partition coefficient (Wildman–Crippen LogP) is 2.90. The summed E-state index contributed by atoms with van der Waals surface area (Å²) in [6.07, 6.45) is 11.6. The molecule has 16 heavy (non-hydrogen) atoms. The third kappa shape index (κ3) is 7.18. The minimum Gasteiger partial charge on any atom is -0.396 e. The first-order chi connectivity index (χ1) is 7.61. The Labute approximate surface area is 98.4 Å². The number of rotatable bonds is 7. The molecule has 0 bridgehead atoms. The molecule has 0 aliphatic heterocycles. The fourth-order valence-electron chi connectivity index (χ4n) is 1.35. The number of aliphatic hydroxyl groups excluding tert-OH is 1. The maximum atomic E-state index is 11.6. The van der Waals surface area contributed by atoms with Gasteiger partial charge in [0.2, 0.25) is 0 Å². The van der Waals surface area contributed by atoms with Crippen LogP contribution in [0, 0.1) is 11.8 Å². The summed E-state index contributed by atoms with van der Waals surface area (Å²) in [7, 11) is 0. The van der Waals surface area contributed by atoms with Gasteiger partial charge >= 0.3 is 0 Å². The maximum absolute atomic E-state index is 11.6. The highest BCUT2D eigenvalue weighted by Crippen LogP contribution is 2.12. The van der Waals surface area contributed by atoms with Crippen molar-refractivity contribution in [1.82, 2.24) is 0 Å². The van der Waals surface area contributed by atoms with Gasteiger partial charge in [0, 0.05) is 12.5 Å². The summed E-state index contributed by atoms with van der Waals surface area (Å²) < 4.78 is 0. The average molecular weight is 222 g/mol. The van der Waals surface area contributed by atoms with Gasteiger partial charge in [-0.3, -0.25) is 4.79 Å². The monoisotopic (exact) mass is 222 g/mol. The Morgan fingerprint density at radius 2 is 1.81 bits per heavy atom. The summed E-state index contributed by atoms with van der Waals surface area (Å²) in [5, 5.41) is 8.89. The molecule has 0 fully saturated rings. The molecule has 0 unspecified atom stereocenters. The molecule has 0 amide bonds. The lowest BCUT2D eigenvalue weighted by Gasteiger charge is -2.11. The van der Waals surface area contributed by atoms with E-state index in [1.807, 2.05) is 45.1 Å². The normalized spacial score (nSPS) is 16.2. The quantitative estimate of drug-likeness (QED) is 0.531. The highest BCUT2D eigenvalue weighted by Gasteiger charge is 2.12. The molecule has 2 atom stereocenters. The predicted molar refractivity (Wildman–Crippen MR) is 68.1 cm³/mol. The van der Waals surface area contributed by atoms with Crippen molar-refractivity contribution in [2.75, 3.05) is 6.61 Å². The van der Waals surface area contributed by atoms with Gasteiger partial charge in [0.25, 0.3) is 0 Å². The van der Waals surface area contributed by atoms with Crippen LogP contribution in [0.1, 0.15) is 27.2 Å². The molecule has 0 saturated heterocycles. The molecule has 0 spiro atoms. The van der Waals surface area contributed by atoms with E-state index < -0.39 is 0 Å². The van der Waals surface area contributed by atoms with Crippen LogP contribution >= 0.6 is 0 Å². The summed E-state index contributed by atoms with van der Waals surface area (Å²) in [4.78, 5) is 11.6. The zero-order valence-corrected chi connectivity index (χ0v) is 10.4. The lowest BCUT2D eigenvalue weighted by Crippen LogP contribution is -2.13. The minimum absolute atomic E-state index is 0.0199. The van der Waals surface area contributed by atoms with Gasteiger partial charge in [-0.05, 0) is 25.3 Å². The van der Waals surface area contributed by atoms with Crippen LogP contribution in [0.25, 0.3) is 0 Å². The fourth-order valence-corrected chi connectivity index (χ4v) is 1.35. The zero-order valence-electron chi connectivity index (χ0n) is 10.4. The third-order valence-electron chi connectivity index (χ3n) is 2.34. The Morgan fingerprint density at radius 1 is 1.19 bits per heavy atom. The lowest BCUT2D eigenvalue weighted by atomic mass is 9.94. The van der Waals surface area contributed by atoms with Gasteiger partial charge in [-0.2, -0.15) is 0 Å². The summed E-state index contributed by atoms with van der Waals surface area (Å²) in [5.41, 5.74) is 0. The second kappa shape index (κ2) is 9.10. The lowest BCUT2D eigenvalue weighted by molar-refractivity contribution is -0.118. The molecule has 0 aromatic carbocycles. The number of aliphatic hydroxyl groups is 1. The molecular weight excluding hydrogens is 200 g/mol. The van der Waals surface area contributed by atoms with E-state index in [1.54, 1.807) is 12.2 Å². The second-order valence-corrected chi connectivity index (χ2v) is 4.10.